The fourth-order valence-corrected chi connectivity index (χ4v) is 2.25. The van der Waals surface area contributed by atoms with Gasteiger partial charge in [-0.2, -0.15) is 0 Å². The molecule has 1 saturated heterocycles. The van der Waals surface area contributed by atoms with Crippen LogP contribution in [0.1, 0.15) is 31.4 Å². The molecular weight excluding hydrogens is 246 g/mol. The van der Waals surface area contributed by atoms with Gasteiger partial charge in [0, 0.05) is 18.9 Å². The summed E-state index contributed by atoms with van der Waals surface area (Å²) in [7, 11) is 0. The molecule has 1 aromatic rings. The molecule has 0 bridgehead atoms. The molecule has 0 aromatic carbocycles. The molecule has 1 unspecified atom stereocenters. The Hall–Kier alpha value is -2.11. The number of likely N-dealkylation sites (tertiary alicyclic amines) is 1. The molecule has 2 heterocycles. The lowest BCUT2D eigenvalue weighted by Gasteiger charge is -2.24. The number of nitrogens with one attached hydrogen (secondary N) is 1. The van der Waals surface area contributed by atoms with Crippen molar-refractivity contribution in [3.05, 3.63) is 30.1 Å². The quantitative estimate of drug-likeness (QED) is 0.863. The summed E-state index contributed by atoms with van der Waals surface area (Å²) < 4.78 is 0. The maximum atomic E-state index is 12.1. The normalized spacial score (nSPS) is 20.1. The standard InChI is InChI=1S/C13H17N3O3/c1-9(10-4-2-6-14-8-10)15-13(19)16-7-3-5-11(16)12(17)18/h2,4,6,8-9,11H,3,5,7H2,1H3,(H,15,19)(H,17,18)/t9?,11-/m1/s1. The number of carboxylic acids is 1. The second-order valence-corrected chi connectivity index (χ2v) is 4.65. The van der Waals surface area contributed by atoms with Crippen molar-refractivity contribution in [1.29, 1.82) is 0 Å². The van der Waals surface area contributed by atoms with Crippen LogP contribution in [-0.2, 0) is 4.79 Å². The molecule has 1 fully saturated rings. The summed E-state index contributed by atoms with van der Waals surface area (Å²) in [5.74, 6) is -0.943. The molecule has 1 aromatic heterocycles. The van der Waals surface area contributed by atoms with Crippen molar-refractivity contribution in [1.82, 2.24) is 15.2 Å². The van der Waals surface area contributed by atoms with Crippen molar-refractivity contribution in [2.45, 2.75) is 31.8 Å². The lowest BCUT2D eigenvalue weighted by molar-refractivity contribution is -0.141. The Morgan fingerprint density at radius 3 is 3.00 bits per heavy atom. The van der Waals surface area contributed by atoms with Crippen LogP contribution < -0.4 is 5.32 Å². The Bertz CT molecular complexity index is 463. The highest BCUT2D eigenvalue weighted by molar-refractivity contribution is 5.83. The minimum absolute atomic E-state index is 0.198. The average Bonchev–Trinajstić information content (AvgIpc) is 2.89. The molecule has 6 heteroatoms. The first-order valence-corrected chi connectivity index (χ1v) is 6.29. The van der Waals surface area contributed by atoms with E-state index in [0.717, 1.165) is 12.0 Å². The van der Waals surface area contributed by atoms with Crippen molar-refractivity contribution in [2.75, 3.05) is 6.54 Å². The summed E-state index contributed by atoms with van der Waals surface area (Å²) in [6.07, 6.45) is 4.60. The van der Waals surface area contributed by atoms with Crippen molar-refractivity contribution >= 4 is 12.0 Å². The van der Waals surface area contributed by atoms with Crippen LogP contribution in [0.3, 0.4) is 0 Å². The van der Waals surface area contributed by atoms with E-state index in [1.807, 2.05) is 13.0 Å². The second kappa shape index (κ2) is 5.69. The van der Waals surface area contributed by atoms with Gasteiger partial charge in [-0.1, -0.05) is 6.07 Å². The molecule has 2 atom stereocenters. The Morgan fingerprint density at radius 2 is 2.37 bits per heavy atom. The summed E-state index contributed by atoms with van der Waals surface area (Å²) in [4.78, 5) is 28.5. The third-order valence-electron chi connectivity index (χ3n) is 3.32. The van der Waals surface area contributed by atoms with Gasteiger partial charge >= 0.3 is 12.0 Å². The van der Waals surface area contributed by atoms with Gasteiger partial charge in [-0.25, -0.2) is 9.59 Å². The van der Waals surface area contributed by atoms with Crippen molar-refractivity contribution in [2.24, 2.45) is 0 Å². The predicted molar refractivity (Wildman–Crippen MR) is 68.5 cm³/mol. The van der Waals surface area contributed by atoms with Crippen LogP contribution in [0, 0.1) is 0 Å². The van der Waals surface area contributed by atoms with Crippen molar-refractivity contribution in [3.8, 4) is 0 Å². The number of carboxylic acid groups (broad SMARTS) is 1. The van der Waals surface area contributed by atoms with E-state index in [1.54, 1.807) is 18.5 Å². The Balaban J connectivity index is 1.99. The number of aromatic nitrogens is 1. The number of carbonyl (C=O) groups is 2. The number of nitrogens with zero attached hydrogens (tertiary/aromatic N) is 2. The monoisotopic (exact) mass is 263 g/mol. The molecule has 1 aliphatic rings. The molecule has 0 spiro atoms. The SMILES string of the molecule is CC(NC(=O)N1CCC[C@@H]1C(=O)O)c1cccnc1. The molecule has 0 saturated carbocycles. The van der Waals surface area contributed by atoms with Crippen LogP contribution in [0.4, 0.5) is 4.79 Å². The summed E-state index contributed by atoms with van der Waals surface area (Å²) >= 11 is 0. The van der Waals surface area contributed by atoms with Gasteiger partial charge in [0.2, 0.25) is 0 Å². The maximum absolute atomic E-state index is 12.1. The van der Waals surface area contributed by atoms with Crippen molar-refractivity contribution < 1.29 is 14.7 Å². The van der Waals surface area contributed by atoms with Gasteiger partial charge in [-0.15, -0.1) is 0 Å². The number of hydrogen-bond donors (Lipinski definition) is 2. The van der Waals surface area contributed by atoms with Gasteiger partial charge in [0.05, 0.1) is 6.04 Å². The zero-order chi connectivity index (χ0) is 13.8. The highest BCUT2D eigenvalue weighted by atomic mass is 16.4. The molecule has 2 rings (SSSR count). The minimum Gasteiger partial charge on any atom is -0.480 e. The van der Waals surface area contributed by atoms with E-state index < -0.39 is 12.0 Å². The Kier molecular flexibility index (Phi) is 3.99. The van der Waals surface area contributed by atoms with E-state index in [2.05, 4.69) is 10.3 Å². The average molecular weight is 263 g/mol. The molecule has 102 valence electrons. The Labute approximate surface area is 111 Å². The number of amides is 2. The molecule has 1 aliphatic heterocycles. The molecule has 0 aliphatic carbocycles. The van der Waals surface area contributed by atoms with Gasteiger partial charge < -0.3 is 15.3 Å². The summed E-state index contributed by atoms with van der Waals surface area (Å²) in [5, 5.41) is 11.9. The number of carbonyl (C=O) groups excluding carboxylic acids is 1. The first-order chi connectivity index (χ1) is 9.09. The van der Waals surface area contributed by atoms with Crippen LogP contribution in [0.25, 0.3) is 0 Å². The molecular formula is C13H17N3O3. The van der Waals surface area contributed by atoms with E-state index in [4.69, 9.17) is 5.11 Å². The van der Waals surface area contributed by atoms with Crippen LogP contribution in [0.15, 0.2) is 24.5 Å². The first-order valence-electron chi connectivity index (χ1n) is 6.29. The fourth-order valence-electron chi connectivity index (χ4n) is 2.25. The lowest BCUT2D eigenvalue weighted by Crippen LogP contribution is -2.46. The van der Waals surface area contributed by atoms with Crippen LogP contribution in [-0.4, -0.2) is 39.6 Å². The predicted octanol–water partition coefficient (Wildman–Crippen LogP) is 1.40. The summed E-state index contributed by atoms with van der Waals surface area (Å²) in [6.45, 7) is 2.34. The largest absolute Gasteiger partial charge is 0.480 e. The van der Waals surface area contributed by atoms with Crippen LogP contribution in [0.2, 0.25) is 0 Å². The highest BCUT2D eigenvalue weighted by Crippen LogP contribution is 2.19. The van der Waals surface area contributed by atoms with Gasteiger partial charge in [0.1, 0.15) is 6.04 Å². The van der Waals surface area contributed by atoms with Crippen molar-refractivity contribution in [3.63, 3.8) is 0 Å². The molecule has 2 N–H and O–H groups in total. The van der Waals surface area contributed by atoms with Gasteiger partial charge in [-0.05, 0) is 31.4 Å². The number of pyridine rings is 1. The molecule has 19 heavy (non-hydrogen) atoms. The highest BCUT2D eigenvalue weighted by Gasteiger charge is 2.34. The number of urea groups is 1. The Morgan fingerprint density at radius 1 is 1.58 bits per heavy atom. The summed E-state index contributed by atoms with van der Waals surface area (Å²) in [6, 6.07) is 2.43. The van der Waals surface area contributed by atoms with Gasteiger partial charge in [0.25, 0.3) is 0 Å². The number of rotatable bonds is 3. The lowest BCUT2D eigenvalue weighted by atomic mass is 10.1. The van der Waals surface area contributed by atoms with E-state index in [9.17, 15) is 9.59 Å². The van der Waals surface area contributed by atoms with E-state index in [-0.39, 0.29) is 12.1 Å². The second-order valence-electron chi connectivity index (χ2n) is 4.65. The maximum Gasteiger partial charge on any atom is 0.326 e. The number of hydrogen-bond acceptors (Lipinski definition) is 3. The first kappa shape index (κ1) is 13.3. The van der Waals surface area contributed by atoms with Gasteiger partial charge in [-0.3, -0.25) is 4.98 Å². The smallest absolute Gasteiger partial charge is 0.326 e. The fraction of sp³-hybridized carbons (Fsp3) is 0.462. The minimum atomic E-state index is -0.943. The zero-order valence-corrected chi connectivity index (χ0v) is 10.7. The molecule has 0 radical (unpaired) electrons. The summed E-state index contributed by atoms with van der Waals surface area (Å²) in [5.41, 5.74) is 0.891. The van der Waals surface area contributed by atoms with E-state index in [1.165, 1.54) is 4.90 Å². The van der Waals surface area contributed by atoms with E-state index >= 15 is 0 Å². The van der Waals surface area contributed by atoms with Crippen LogP contribution in [0.5, 0.6) is 0 Å². The third-order valence-corrected chi connectivity index (χ3v) is 3.32. The number of aliphatic carboxylic acids is 1. The van der Waals surface area contributed by atoms with Gasteiger partial charge in [0.15, 0.2) is 0 Å². The molecule has 2 amide bonds. The van der Waals surface area contributed by atoms with Crippen LogP contribution >= 0.6 is 0 Å². The zero-order valence-electron chi connectivity index (χ0n) is 10.7. The van der Waals surface area contributed by atoms with E-state index in [0.29, 0.717) is 13.0 Å². The third kappa shape index (κ3) is 3.01. The molecule has 6 nitrogen and oxygen atoms in total. The topological polar surface area (TPSA) is 82.5 Å².